The molecule has 2 fully saturated rings. The largest absolute Gasteiger partial charge is 0.497 e. The number of nitrogens with zero attached hydrogens (tertiary/aromatic N) is 1. The van der Waals surface area contributed by atoms with Gasteiger partial charge >= 0.3 is 5.97 Å². The van der Waals surface area contributed by atoms with E-state index in [-0.39, 0.29) is 11.3 Å². The van der Waals surface area contributed by atoms with Crippen molar-refractivity contribution >= 4 is 29.5 Å². The first-order valence-electron chi connectivity index (χ1n) is 8.49. The zero-order valence-electron chi connectivity index (χ0n) is 15.6. The van der Waals surface area contributed by atoms with Crippen LogP contribution in [-0.4, -0.2) is 59.1 Å². The van der Waals surface area contributed by atoms with Gasteiger partial charge in [0.25, 0.3) is 0 Å². The minimum atomic E-state index is -0.909. The van der Waals surface area contributed by atoms with Gasteiger partial charge in [-0.05, 0) is 31.5 Å². The van der Waals surface area contributed by atoms with Crippen molar-refractivity contribution in [2.45, 2.75) is 42.1 Å². The lowest BCUT2D eigenvalue weighted by molar-refractivity contribution is -0.162. The third kappa shape index (κ3) is 3.25. The standard InChI is InChI=1S/C18H23N3O5S/c1-18(2)13(17(24)26-4)21-15(23)12(16(21)27-18)20-14(22)11(19)9-5-7-10(25-3)8-6-9/h5-8,11-13,16H,19H2,1-4H3,(H,20,22). The molecule has 3 N–H and O–H groups in total. The molecule has 2 heterocycles. The lowest BCUT2D eigenvalue weighted by Crippen LogP contribution is -2.71. The molecule has 27 heavy (non-hydrogen) atoms. The van der Waals surface area contributed by atoms with Crippen LogP contribution in [0.25, 0.3) is 0 Å². The molecule has 2 aliphatic rings. The van der Waals surface area contributed by atoms with Gasteiger partial charge in [0.15, 0.2) is 0 Å². The van der Waals surface area contributed by atoms with Gasteiger partial charge < -0.3 is 25.4 Å². The molecule has 0 radical (unpaired) electrons. The number of hydrogen-bond acceptors (Lipinski definition) is 7. The van der Waals surface area contributed by atoms with E-state index >= 15 is 0 Å². The summed E-state index contributed by atoms with van der Waals surface area (Å²) in [6.45, 7) is 3.76. The molecule has 0 spiro atoms. The van der Waals surface area contributed by atoms with Crippen LogP contribution in [0.2, 0.25) is 0 Å². The molecular weight excluding hydrogens is 370 g/mol. The van der Waals surface area contributed by atoms with E-state index in [9.17, 15) is 14.4 Å². The molecule has 9 heteroatoms. The van der Waals surface area contributed by atoms with Crippen molar-refractivity contribution in [3.05, 3.63) is 29.8 Å². The Labute approximate surface area is 161 Å². The number of amides is 2. The SMILES string of the molecule is COC(=O)C1N2C(=O)C(NC(=O)C(N)c3ccc(OC)cc3)C2SC1(C)C. The molecule has 1 aromatic carbocycles. The average molecular weight is 393 g/mol. The van der Waals surface area contributed by atoms with E-state index in [1.54, 1.807) is 31.4 Å². The fourth-order valence-electron chi connectivity index (χ4n) is 3.44. The van der Waals surface area contributed by atoms with Crippen LogP contribution in [0.1, 0.15) is 25.5 Å². The number of esters is 1. The van der Waals surface area contributed by atoms with Crippen LogP contribution in [0.5, 0.6) is 5.75 Å². The van der Waals surface area contributed by atoms with Gasteiger partial charge in [-0.1, -0.05) is 12.1 Å². The van der Waals surface area contributed by atoms with Crippen LogP contribution in [-0.2, 0) is 19.1 Å². The fourth-order valence-corrected chi connectivity index (χ4v) is 5.06. The summed E-state index contributed by atoms with van der Waals surface area (Å²) in [5.41, 5.74) is 6.65. The maximum absolute atomic E-state index is 12.6. The van der Waals surface area contributed by atoms with Gasteiger partial charge in [-0.3, -0.25) is 9.59 Å². The number of thioether (sulfide) groups is 1. The summed E-state index contributed by atoms with van der Waals surface area (Å²) < 4.78 is 9.42. The number of benzene rings is 1. The number of rotatable bonds is 5. The monoisotopic (exact) mass is 393 g/mol. The number of hydrogen-bond donors (Lipinski definition) is 2. The van der Waals surface area contributed by atoms with Crippen molar-refractivity contribution in [3.8, 4) is 5.75 Å². The van der Waals surface area contributed by atoms with E-state index in [2.05, 4.69) is 5.32 Å². The summed E-state index contributed by atoms with van der Waals surface area (Å²) >= 11 is 1.47. The zero-order chi connectivity index (χ0) is 19.9. The predicted molar refractivity (Wildman–Crippen MR) is 100.0 cm³/mol. The van der Waals surface area contributed by atoms with Gasteiger partial charge in [0.2, 0.25) is 11.8 Å². The van der Waals surface area contributed by atoms with Crippen molar-refractivity contribution in [1.29, 1.82) is 0 Å². The lowest BCUT2D eigenvalue weighted by atomic mass is 9.95. The number of nitrogens with two attached hydrogens (primary N) is 1. The maximum atomic E-state index is 12.6. The molecule has 3 rings (SSSR count). The molecule has 2 amide bonds. The highest BCUT2D eigenvalue weighted by molar-refractivity contribution is 8.01. The molecule has 0 aromatic heterocycles. The molecule has 0 aliphatic carbocycles. The van der Waals surface area contributed by atoms with Crippen molar-refractivity contribution < 1.29 is 23.9 Å². The number of ether oxygens (including phenoxy) is 2. The first-order chi connectivity index (χ1) is 12.7. The number of carbonyl (C=O) groups excluding carboxylic acids is 3. The Bertz CT molecular complexity index is 767. The molecule has 2 aliphatic heterocycles. The minimum absolute atomic E-state index is 0.302. The van der Waals surface area contributed by atoms with E-state index in [0.29, 0.717) is 11.3 Å². The predicted octanol–water partition coefficient (Wildman–Crippen LogP) is 0.415. The highest BCUT2D eigenvalue weighted by atomic mass is 32.2. The first kappa shape index (κ1) is 19.5. The quantitative estimate of drug-likeness (QED) is 0.551. The fraction of sp³-hybridized carbons (Fsp3) is 0.500. The lowest BCUT2D eigenvalue weighted by Gasteiger charge is -2.44. The number of β-lactam (4-membered cyclic amide) rings is 1. The van der Waals surface area contributed by atoms with Crippen LogP contribution in [0.3, 0.4) is 0 Å². The van der Waals surface area contributed by atoms with Gasteiger partial charge in [-0.25, -0.2) is 4.79 Å². The van der Waals surface area contributed by atoms with Gasteiger partial charge in [0, 0.05) is 4.75 Å². The Hall–Kier alpha value is -2.26. The Morgan fingerprint density at radius 1 is 1.26 bits per heavy atom. The van der Waals surface area contributed by atoms with Crippen molar-refractivity contribution in [2.24, 2.45) is 5.73 Å². The summed E-state index contributed by atoms with van der Waals surface area (Å²) in [5.74, 6) is -0.542. The number of carbonyl (C=O) groups is 3. The third-order valence-corrected chi connectivity index (χ3v) is 6.49. The molecule has 146 valence electrons. The summed E-state index contributed by atoms with van der Waals surface area (Å²) in [7, 11) is 2.85. The number of nitrogens with one attached hydrogen (secondary N) is 1. The van der Waals surface area contributed by atoms with Gasteiger partial charge in [0.05, 0.1) is 14.2 Å². The van der Waals surface area contributed by atoms with Gasteiger partial charge in [-0.15, -0.1) is 11.8 Å². The molecule has 4 unspecified atom stereocenters. The first-order valence-corrected chi connectivity index (χ1v) is 9.37. The van der Waals surface area contributed by atoms with Crippen LogP contribution in [0.15, 0.2) is 24.3 Å². The average Bonchev–Trinajstić information content (AvgIpc) is 2.92. The molecule has 0 saturated carbocycles. The normalized spacial score (nSPS) is 26.6. The van der Waals surface area contributed by atoms with Gasteiger partial charge in [0.1, 0.15) is 29.2 Å². The molecule has 1 aromatic rings. The highest BCUT2D eigenvalue weighted by Crippen LogP contribution is 2.51. The Balaban J connectivity index is 1.69. The smallest absolute Gasteiger partial charge is 0.330 e. The summed E-state index contributed by atoms with van der Waals surface area (Å²) in [4.78, 5) is 38.7. The van der Waals surface area contributed by atoms with Crippen LogP contribution < -0.4 is 15.8 Å². The molecule has 8 nitrogen and oxygen atoms in total. The molecular formula is C18H23N3O5S. The van der Waals surface area contributed by atoms with E-state index < -0.39 is 34.7 Å². The maximum Gasteiger partial charge on any atom is 0.330 e. The second-order valence-electron chi connectivity index (χ2n) is 7.02. The van der Waals surface area contributed by atoms with Crippen LogP contribution in [0.4, 0.5) is 0 Å². The second-order valence-corrected chi connectivity index (χ2v) is 8.79. The van der Waals surface area contributed by atoms with E-state index in [1.165, 1.54) is 23.8 Å². The Morgan fingerprint density at radius 3 is 2.44 bits per heavy atom. The number of fused-ring (bicyclic) bond motifs is 1. The Morgan fingerprint density at radius 2 is 1.89 bits per heavy atom. The molecule has 4 atom stereocenters. The van der Waals surface area contributed by atoms with E-state index in [4.69, 9.17) is 15.2 Å². The summed E-state index contributed by atoms with van der Waals surface area (Å²) in [5, 5.41) is 2.40. The zero-order valence-corrected chi connectivity index (χ0v) is 16.4. The summed E-state index contributed by atoms with van der Waals surface area (Å²) in [6.07, 6.45) is 0. The highest BCUT2D eigenvalue weighted by Gasteiger charge is 2.64. The number of methoxy groups -OCH3 is 2. The van der Waals surface area contributed by atoms with Crippen LogP contribution in [0, 0.1) is 0 Å². The minimum Gasteiger partial charge on any atom is -0.497 e. The molecule has 2 saturated heterocycles. The summed E-state index contributed by atoms with van der Waals surface area (Å²) in [6, 6.07) is 4.56. The van der Waals surface area contributed by atoms with E-state index in [0.717, 1.165) is 0 Å². The third-order valence-electron chi connectivity index (χ3n) is 4.92. The topological polar surface area (TPSA) is 111 Å². The molecule has 0 bridgehead atoms. The van der Waals surface area contributed by atoms with Gasteiger partial charge in [-0.2, -0.15) is 0 Å². The second kappa shape index (κ2) is 7.05. The van der Waals surface area contributed by atoms with E-state index in [1.807, 2.05) is 13.8 Å². The van der Waals surface area contributed by atoms with Crippen molar-refractivity contribution in [2.75, 3.05) is 14.2 Å². The van der Waals surface area contributed by atoms with Crippen molar-refractivity contribution in [3.63, 3.8) is 0 Å². The van der Waals surface area contributed by atoms with Crippen molar-refractivity contribution in [1.82, 2.24) is 10.2 Å². The van der Waals surface area contributed by atoms with Crippen LogP contribution >= 0.6 is 11.8 Å². The Kier molecular flexibility index (Phi) is 5.09.